The van der Waals surface area contributed by atoms with Crippen LogP contribution >= 0.6 is 11.8 Å². The lowest BCUT2D eigenvalue weighted by Crippen LogP contribution is -2.35. The smallest absolute Gasteiger partial charge is 0.396 e. The molecule has 0 heterocycles. The molecule has 2 atom stereocenters. The van der Waals surface area contributed by atoms with Crippen molar-refractivity contribution in [1.29, 1.82) is 0 Å². The van der Waals surface area contributed by atoms with Gasteiger partial charge in [-0.05, 0) is 30.5 Å². The van der Waals surface area contributed by atoms with E-state index in [1.54, 1.807) is 0 Å². The first-order chi connectivity index (χ1) is 7.03. The number of halogens is 3. The van der Waals surface area contributed by atoms with Crippen molar-refractivity contribution in [2.45, 2.75) is 30.8 Å². The van der Waals surface area contributed by atoms with Crippen LogP contribution in [0, 0.1) is 5.92 Å². The van der Waals surface area contributed by atoms with Crippen molar-refractivity contribution >= 4 is 11.8 Å². The third kappa shape index (κ3) is 5.08. The highest BCUT2D eigenvalue weighted by atomic mass is 32.2. The Morgan fingerprint density at radius 3 is 2.67 bits per heavy atom. The predicted octanol–water partition coefficient (Wildman–Crippen LogP) is 1.99. The number of aliphatic hydroxyl groups is 1. The lowest BCUT2D eigenvalue weighted by molar-refractivity contribution is -0.0327. The molecule has 0 bridgehead atoms. The lowest BCUT2D eigenvalue weighted by atomic mass is 10.1. The van der Waals surface area contributed by atoms with Crippen LogP contribution in [0.3, 0.4) is 0 Å². The summed E-state index contributed by atoms with van der Waals surface area (Å²) >= 11 is 0.000767. The highest BCUT2D eigenvalue weighted by molar-refractivity contribution is 8.00. The quantitative estimate of drug-likeness (QED) is 0.724. The van der Waals surface area contributed by atoms with E-state index in [9.17, 15) is 13.2 Å². The number of rotatable bonds is 5. The summed E-state index contributed by atoms with van der Waals surface area (Å²) < 4.78 is 35.4. The van der Waals surface area contributed by atoms with E-state index in [1.165, 1.54) is 0 Å². The second-order valence-electron chi connectivity index (χ2n) is 3.73. The zero-order chi connectivity index (χ0) is 11.3. The van der Waals surface area contributed by atoms with Crippen molar-refractivity contribution in [1.82, 2.24) is 5.32 Å². The minimum Gasteiger partial charge on any atom is -0.396 e. The van der Waals surface area contributed by atoms with Crippen LogP contribution in [0.4, 0.5) is 13.2 Å². The van der Waals surface area contributed by atoms with Crippen molar-refractivity contribution in [3.8, 4) is 0 Å². The lowest BCUT2D eigenvalue weighted by Gasteiger charge is -2.18. The van der Waals surface area contributed by atoms with Crippen LogP contribution in [0.25, 0.3) is 0 Å². The Balaban J connectivity index is 2.09. The zero-order valence-electron chi connectivity index (χ0n) is 8.39. The molecule has 6 heteroatoms. The Kier molecular flexibility index (Phi) is 5.22. The molecule has 1 saturated carbocycles. The van der Waals surface area contributed by atoms with E-state index in [1.807, 2.05) is 0 Å². The molecule has 2 N–H and O–H groups in total. The zero-order valence-corrected chi connectivity index (χ0v) is 9.20. The summed E-state index contributed by atoms with van der Waals surface area (Å²) in [4.78, 5) is 0. The van der Waals surface area contributed by atoms with Crippen molar-refractivity contribution in [3.05, 3.63) is 0 Å². The van der Waals surface area contributed by atoms with Gasteiger partial charge in [0.2, 0.25) is 0 Å². The molecule has 0 radical (unpaired) electrons. The summed E-state index contributed by atoms with van der Waals surface area (Å²) in [5, 5.41) is 12.1. The molecule has 0 spiro atoms. The molecule has 0 aliphatic heterocycles. The summed E-state index contributed by atoms with van der Waals surface area (Å²) in [7, 11) is 0. The van der Waals surface area contributed by atoms with Crippen LogP contribution < -0.4 is 5.32 Å². The first-order valence-corrected chi connectivity index (χ1v) is 6.06. The number of aliphatic hydroxyl groups excluding tert-OH is 1. The average Bonchev–Trinajstić information content (AvgIpc) is 2.58. The van der Waals surface area contributed by atoms with E-state index in [-0.39, 0.29) is 36.1 Å². The van der Waals surface area contributed by atoms with E-state index in [0.29, 0.717) is 6.54 Å². The normalized spacial score (nSPS) is 27.2. The van der Waals surface area contributed by atoms with Gasteiger partial charge in [-0.3, -0.25) is 0 Å². The molecule has 90 valence electrons. The summed E-state index contributed by atoms with van der Waals surface area (Å²) in [6.45, 7) is 0.482. The van der Waals surface area contributed by atoms with Gasteiger partial charge in [-0.2, -0.15) is 13.2 Å². The maximum atomic E-state index is 11.8. The largest absolute Gasteiger partial charge is 0.441 e. The molecule has 0 amide bonds. The van der Waals surface area contributed by atoms with Crippen LogP contribution in [0.1, 0.15) is 19.3 Å². The van der Waals surface area contributed by atoms with Gasteiger partial charge in [-0.25, -0.2) is 0 Å². The molecule has 1 aliphatic carbocycles. The van der Waals surface area contributed by atoms with Gasteiger partial charge in [0.15, 0.2) is 0 Å². The monoisotopic (exact) mass is 243 g/mol. The summed E-state index contributed by atoms with van der Waals surface area (Å²) in [6, 6.07) is 0.198. The number of alkyl halides is 3. The van der Waals surface area contributed by atoms with Crippen LogP contribution in [-0.2, 0) is 0 Å². The fraction of sp³-hybridized carbons (Fsp3) is 1.00. The second kappa shape index (κ2) is 5.96. The van der Waals surface area contributed by atoms with Gasteiger partial charge in [-0.1, -0.05) is 6.42 Å². The van der Waals surface area contributed by atoms with Crippen LogP contribution in [-0.4, -0.2) is 35.6 Å². The standard InChI is InChI=1S/C9H16F3NOS/c10-9(11,12)15-5-4-13-8-3-1-2-7(8)6-14/h7-8,13-14H,1-6H2. The molecule has 2 unspecified atom stereocenters. The Labute approximate surface area is 91.6 Å². The molecule has 2 nitrogen and oxygen atoms in total. The van der Waals surface area contributed by atoms with Crippen LogP contribution in [0.15, 0.2) is 0 Å². The second-order valence-corrected chi connectivity index (χ2v) is 4.89. The molecule has 0 aromatic heterocycles. The topological polar surface area (TPSA) is 32.3 Å². The Morgan fingerprint density at radius 2 is 2.07 bits per heavy atom. The Morgan fingerprint density at radius 1 is 1.33 bits per heavy atom. The van der Waals surface area contributed by atoms with E-state index < -0.39 is 5.51 Å². The van der Waals surface area contributed by atoms with Crippen LogP contribution in [0.2, 0.25) is 0 Å². The molecule has 1 rings (SSSR count). The van der Waals surface area contributed by atoms with Gasteiger partial charge in [-0.15, -0.1) is 0 Å². The van der Waals surface area contributed by atoms with Crippen molar-refractivity contribution < 1.29 is 18.3 Å². The molecule has 0 aromatic carbocycles. The van der Waals surface area contributed by atoms with Crippen molar-refractivity contribution in [2.75, 3.05) is 18.9 Å². The average molecular weight is 243 g/mol. The molecule has 1 aliphatic rings. The third-order valence-electron chi connectivity index (χ3n) is 2.67. The van der Waals surface area contributed by atoms with E-state index in [4.69, 9.17) is 5.11 Å². The first-order valence-electron chi connectivity index (χ1n) is 5.08. The van der Waals surface area contributed by atoms with Crippen molar-refractivity contribution in [2.24, 2.45) is 5.92 Å². The van der Waals surface area contributed by atoms with Gasteiger partial charge >= 0.3 is 5.51 Å². The number of thioether (sulfide) groups is 1. The van der Waals surface area contributed by atoms with E-state index in [0.717, 1.165) is 19.3 Å². The highest BCUT2D eigenvalue weighted by Crippen LogP contribution is 2.30. The van der Waals surface area contributed by atoms with Gasteiger partial charge in [0.05, 0.1) is 0 Å². The minimum atomic E-state index is -4.13. The summed E-state index contributed by atoms with van der Waals surface area (Å²) in [5.41, 5.74) is -4.13. The Hall–Kier alpha value is 0.0600. The number of hydrogen-bond donors (Lipinski definition) is 2. The van der Waals surface area contributed by atoms with Gasteiger partial charge in [0.1, 0.15) is 0 Å². The fourth-order valence-corrected chi connectivity index (χ4v) is 2.39. The molecule has 15 heavy (non-hydrogen) atoms. The number of nitrogens with one attached hydrogen (secondary N) is 1. The maximum absolute atomic E-state index is 11.8. The third-order valence-corrected chi connectivity index (χ3v) is 3.40. The number of hydrogen-bond acceptors (Lipinski definition) is 3. The SMILES string of the molecule is OCC1CCCC1NCCSC(F)(F)F. The van der Waals surface area contributed by atoms with Gasteiger partial charge in [0, 0.05) is 24.9 Å². The minimum absolute atomic E-state index is 0.000767. The molecule has 0 aromatic rings. The summed E-state index contributed by atoms with van der Waals surface area (Å²) in [6.07, 6.45) is 2.98. The fourth-order valence-electron chi connectivity index (χ4n) is 1.94. The molecular weight excluding hydrogens is 227 g/mol. The van der Waals surface area contributed by atoms with Crippen LogP contribution in [0.5, 0.6) is 0 Å². The van der Waals surface area contributed by atoms with Gasteiger partial charge in [0.25, 0.3) is 0 Å². The molecule has 0 saturated heterocycles. The van der Waals surface area contributed by atoms with Gasteiger partial charge < -0.3 is 10.4 Å². The molecule has 1 fully saturated rings. The summed E-state index contributed by atoms with van der Waals surface area (Å²) in [5.74, 6) is 0.263. The maximum Gasteiger partial charge on any atom is 0.441 e. The van der Waals surface area contributed by atoms with E-state index >= 15 is 0 Å². The van der Waals surface area contributed by atoms with Crippen molar-refractivity contribution in [3.63, 3.8) is 0 Å². The predicted molar refractivity (Wildman–Crippen MR) is 54.7 cm³/mol. The highest BCUT2D eigenvalue weighted by Gasteiger charge is 2.29. The molecular formula is C9H16F3NOS. The first kappa shape index (κ1) is 13.1. The van der Waals surface area contributed by atoms with E-state index in [2.05, 4.69) is 5.32 Å². The Bertz CT molecular complexity index is 189.